The summed E-state index contributed by atoms with van der Waals surface area (Å²) in [6, 6.07) is 8.65. The van der Waals surface area contributed by atoms with Crippen LogP contribution in [0.4, 0.5) is 5.82 Å². The highest BCUT2D eigenvalue weighted by molar-refractivity contribution is 7.18. The Kier molecular flexibility index (Phi) is 5.15. The minimum Gasteiger partial charge on any atom is -0.379 e. The van der Waals surface area contributed by atoms with E-state index in [0.29, 0.717) is 0 Å². The largest absolute Gasteiger partial charge is 0.379 e. The van der Waals surface area contributed by atoms with Crippen molar-refractivity contribution in [3.8, 4) is 0 Å². The third-order valence-electron chi connectivity index (χ3n) is 5.03. The molecule has 0 unspecified atom stereocenters. The summed E-state index contributed by atoms with van der Waals surface area (Å²) in [5, 5.41) is 4.70. The zero-order valence-corrected chi connectivity index (χ0v) is 16.1. The number of aromatic nitrogens is 2. The quantitative estimate of drug-likeness (QED) is 0.743. The van der Waals surface area contributed by atoms with Crippen LogP contribution >= 0.6 is 11.3 Å². The first-order valence-corrected chi connectivity index (χ1v) is 9.85. The molecule has 1 aromatic carbocycles. The number of fused-ring (bicyclic) bond motifs is 1. The Morgan fingerprint density at radius 1 is 1.12 bits per heavy atom. The minimum atomic E-state index is 0.765. The molecule has 5 nitrogen and oxygen atoms in total. The third kappa shape index (κ3) is 3.58. The van der Waals surface area contributed by atoms with Crippen molar-refractivity contribution in [1.29, 1.82) is 0 Å². The molecule has 0 aliphatic carbocycles. The summed E-state index contributed by atoms with van der Waals surface area (Å²) < 4.78 is 5.46. The summed E-state index contributed by atoms with van der Waals surface area (Å²) in [5.74, 6) is 0.929. The van der Waals surface area contributed by atoms with Crippen molar-refractivity contribution in [3.63, 3.8) is 0 Å². The van der Waals surface area contributed by atoms with E-state index in [1.165, 1.54) is 21.6 Å². The molecular weight excluding hydrogens is 344 g/mol. The molecular formula is C20H24N4OS. The van der Waals surface area contributed by atoms with E-state index < -0.39 is 0 Å². The molecule has 0 amide bonds. The van der Waals surface area contributed by atoms with Crippen LogP contribution in [0.5, 0.6) is 0 Å². The van der Waals surface area contributed by atoms with Gasteiger partial charge in [-0.2, -0.15) is 0 Å². The van der Waals surface area contributed by atoms with Crippen molar-refractivity contribution in [3.05, 3.63) is 52.2 Å². The molecule has 3 heterocycles. The average Bonchev–Trinajstić information content (AvgIpc) is 2.96. The van der Waals surface area contributed by atoms with E-state index in [-0.39, 0.29) is 0 Å². The van der Waals surface area contributed by atoms with Crippen LogP contribution in [0.2, 0.25) is 0 Å². The van der Waals surface area contributed by atoms with Gasteiger partial charge in [-0.25, -0.2) is 9.97 Å². The maximum absolute atomic E-state index is 5.46. The number of nitrogens with one attached hydrogen (secondary N) is 1. The van der Waals surface area contributed by atoms with Crippen LogP contribution in [0.25, 0.3) is 10.2 Å². The van der Waals surface area contributed by atoms with Gasteiger partial charge in [-0.3, -0.25) is 4.90 Å². The van der Waals surface area contributed by atoms with Gasteiger partial charge in [0.2, 0.25) is 0 Å². The first-order chi connectivity index (χ1) is 12.7. The van der Waals surface area contributed by atoms with Crippen molar-refractivity contribution >= 4 is 27.4 Å². The Balaban J connectivity index is 1.53. The molecule has 2 aromatic heterocycles. The lowest BCUT2D eigenvalue weighted by molar-refractivity contribution is 0.0341. The maximum atomic E-state index is 5.46. The van der Waals surface area contributed by atoms with Gasteiger partial charge in [0.25, 0.3) is 0 Å². The molecule has 0 radical (unpaired) electrons. The Morgan fingerprint density at radius 3 is 2.69 bits per heavy atom. The molecule has 1 saturated heterocycles. The standard InChI is InChI=1S/C20H24N4OS/c1-14-15(2)26-20-18(14)19(22-13-23-20)21-11-16-5-3-4-6-17(16)12-24-7-9-25-10-8-24/h3-6,13H,7-12H2,1-2H3,(H,21,22,23). The van der Waals surface area contributed by atoms with Gasteiger partial charge in [0.15, 0.2) is 0 Å². The van der Waals surface area contributed by atoms with Gasteiger partial charge in [-0.1, -0.05) is 24.3 Å². The molecule has 3 aromatic rings. The second-order valence-electron chi connectivity index (χ2n) is 6.70. The number of hydrogen-bond donors (Lipinski definition) is 1. The fourth-order valence-electron chi connectivity index (χ4n) is 3.38. The Bertz CT molecular complexity index is 902. The molecule has 136 valence electrons. The number of nitrogens with zero attached hydrogens (tertiary/aromatic N) is 3. The van der Waals surface area contributed by atoms with Crippen molar-refractivity contribution in [1.82, 2.24) is 14.9 Å². The highest BCUT2D eigenvalue weighted by Crippen LogP contribution is 2.32. The zero-order chi connectivity index (χ0) is 17.9. The van der Waals surface area contributed by atoms with Crippen molar-refractivity contribution < 1.29 is 4.74 Å². The van der Waals surface area contributed by atoms with E-state index in [2.05, 4.69) is 58.3 Å². The monoisotopic (exact) mass is 368 g/mol. The van der Waals surface area contributed by atoms with Crippen molar-refractivity contribution in [2.24, 2.45) is 0 Å². The van der Waals surface area contributed by atoms with Crippen molar-refractivity contribution in [2.45, 2.75) is 26.9 Å². The molecule has 0 spiro atoms. The normalized spacial score (nSPS) is 15.5. The van der Waals surface area contributed by atoms with Crippen LogP contribution in [0, 0.1) is 13.8 Å². The van der Waals surface area contributed by atoms with Gasteiger partial charge in [0.1, 0.15) is 17.0 Å². The van der Waals surface area contributed by atoms with E-state index in [1.54, 1.807) is 17.7 Å². The van der Waals surface area contributed by atoms with Gasteiger partial charge in [-0.05, 0) is 30.5 Å². The van der Waals surface area contributed by atoms with Crippen LogP contribution in [0.15, 0.2) is 30.6 Å². The molecule has 1 aliphatic heterocycles. The summed E-state index contributed by atoms with van der Waals surface area (Å²) in [7, 11) is 0. The summed E-state index contributed by atoms with van der Waals surface area (Å²) in [6.07, 6.45) is 1.65. The average molecular weight is 369 g/mol. The minimum absolute atomic E-state index is 0.765. The van der Waals surface area contributed by atoms with Crippen LogP contribution in [-0.4, -0.2) is 41.2 Å². The van der Waals surface area contributed by atoms with Gasteiger partial charge < -0.3 is 10.1 Å². The number of anilines is 1. The molecule has 1 N–H and O–H groups in total. The molecule has 4 rings (SSSR count). The highest BCUT2D eigenvalue weighted by Gasteiger charge is 2.14. The number of benzene rings is 1. The molecule has 6 heteroatoms. The molecule has 0 saturated carbocycles. The van der Waals surface area contributed by atoms with E-state index in [9.17, 15) is 0 Å². The van der Waals surface area contributed by atoms with E-state index in [4.69, 9.17) is 4.74 Å². The summed E-state index contributed by atoms with van der Waals surface area (Å²) in [6.45, 7) is 9.69. The Hall–Kier alpha value is -2.02. The number of thiophene rings is 1. The highest BCUT2D eigenvalue weighted by atomic mass is 32.1. The molecule has 1 aliphatic rings. The Labute approximate surface area is 158 Å². The second kappa shape index (κ2) is 7.70. The third-order valence-corrected chi connectivity index (χ3v) is 6.14. The summed E-state index contributed by atoms with van der Waals surface area (Å²) in [4.78, 5) is 13.7. The molecule has 1 fully saturated rings. The van der Waals surface area contributed by atoms with Gasteiger partial charge >= 0.3 is 0 Å². The summed E-state index contributed by atoms with van der Waals surface area (Å²) in [5.41, 5.74) is 3.95. The fourth-order valence-corrected chi connectivity index (χ4v) is 4.38. The lowest BCUT2D eigenvalue weighted by atomic mass is 10.1. The number of aryl methyl sites for hydroxylation is 2. The fraction of sp³-hybridized carbons (Fsp3) is 0.400. The number of morpholine rings is 1. The van der Waals surface area contributed by atoms with Crippen LogP contribution < -0.4 is 5.32 Å². The predicted molar refractivity (Wildman–Crippen MR) is 107 cm³/mol. The van der Waals surface area contributed by atoms with Crippen LogP contribution in [-0.2, 0) is 17.8 Å². The Morgan fingerprint density at radius 2 is 1.88 bits per heavy atom. The predicted octanol–water partition coefficient (Wildman–Crippen LogP) is 3.75. The topological polar surface area (TPSA) is 50.3 Å². The lowest BCUT2D eigenvalue weighted by Gasteiger charge is -2.27. The summed E-state index contributed by atoms with van der Waals surface area (Å²) >= 11 is 1.73. The number of rotatable bonds is 5. The van der Waals surface area contributed by atoms with Gasteiger partial charge in [-0.15, -0.1) is 11.3 Å². The smallest absolute Gasteiger partial charge is 0.138 e. The van der Waals surface area contributed by atoms with Gasteiger partial charge in [0, 0.05) is 31.1 Å². The van der Waals surface area contributed by atoms with E-state index in [0.717, 1.165) is 55.4 Å². The SMILES string of the molecule is Cc1sc2ncnc(NCc3ccccc3CN3CCOCC3)c2c1C. The first kappa shape index (κ1) is 17.4. The lowest BCUT2D eigenvalue weighted by Crippen LogP contribution is -2.35. The maximum Gasteiger partial charge on any atom is 0.138 e. The molecule has 26 heavy (non-hydrogen) atoms. The van der Waals surface area contributed by atoms with Gasteiger partial charge in [0.05, 0.1) is 18.6 Å². The van der Waals surface area contributed by atoms with Crippen molar-refractivity contribution in [2.75, 3.05) is 31.6 Å². The van der Waals surface area contributed by atoms with Crippen LogP contribution in [0.3, 0.4) is 0 Å². The molecule has 0 atom stereocenters. The second-order valence-corrected chi connectivity index (χ2v) is 7.90. The van der Waals surface area contributed by atoms with E-state index >= 15 is 0 Å². The first-order valence-electron chi connectivity index (χ1n) is 9.04. The van der Waals surface area contributed by atoms with Crippen LogP contribution in [0.1, 0.15) is 21.6 Å². The zero-order valence-electron chi connectivity index (χ0n) is 15.3. The van der Waals surface area contributed by atoms with E-state index in [1.807, 2.05) is 0 Å². The number of ether oxygens (including phenoxy) is 1. The molecule has 0 bridgehead atoms. The number of hydrogen-bond acceptors (Lipinski definition) is 6.